The molecule has 0 radical (unpaired) electrons. The van der Waals surface area contributed by atoms with Crippen molar-refractivity contribution in [3.8, 4) is 0 Å². The molecule has 2 heterocycles. The van der Waals surface area contributed by atoms with Gasteiger partial charge in [-0.15, -0.1) is 12.4 Å². The highest BCUT2D eigenvalue weighted by atomic mass is 35.5. The SMILES string of the molecule is CCNn1c(Nc2c[nH]c3cc(F)c(F)cc23)nc2cc(C(F)(F)F)cc(F)c21.Cl. The first kappa shape index (κ1) is 21.6. The minimum atomic E-state index is -4.73. The molecule has 0 aliphatic carbocycles. The van der Waals surface area contributed by atoms with E-state index in [1.165, 1.54) is 10.9 Å². The molecule has 0 saturated carbocycles. The number of hydrogen-bond acceptors (Lipinski definition) is 3. The van der Waals surface area contributed by atoms with E-state index in [0.29, 0.717) is 18.1 Å². The number of H-pyrrole nitrogens is 1. The molecule has 0 saturated heterocycles. The van der Waals surface area contributed by atoms with Crippen molar-refractivity contribution < 1.29 is 26.3 Å². The molecule has 0 bridgehead atoms. The molecule has 4 rings (SSSR count). The number of halogens is 7. The molecule has 4 aromatic rings. The van der Waals surface area contributed by atoms with E-state index >= 15 is 0 Å². The first-order chi connectivity index (χ1) is 13.7. The fraction of sp³-hybridized carbons (Fsp3) is 0.167. The third-order valence-electron chi connectivity index (χ3n) is 4.32. The summed E-state index contributed by atoms with van der Waals surface area (Å²) in [6.45, 7) is 2.02. The van der Waals surface area contributed by atoms with Crippen molar-refractivity contribution in [2.45, 2.75) is 13.1 Å². The maximum Gasteiger partial charge on any atom is 0.416 e. The summed E-state index contributed by atoms with van der Waals surface area (Å²) in [5.74, 6) is -3.23. The number of alkyl halides is 3. The highest BCUT2D eigenvalue weighted by Gasteiger charge is 2.32. The fourth-order valence-electron chi connectivity index (χ4n) is 3.06. The Bertz CT molecular complexity index is 1230. The number of anilines is 2. The fourth-order valence-corrected chi connectivity index (χ4v) is 3.06. The van der Waals surface area contributed by atoms with Crippen LogP contribution < -0.4 is 10.7 Å². The van der Waals surface area contributed by atoms with E-state index < -0.39 is 29.2 Å². The standard InChI is InChI=1S/C18H13F6N5.ClH/c1-2-26-29-16-12(21)3-8(18(22,23)24)4-14(16)27-17(29)28-15-7-25-13-6-11(20)10(19)5-9(13)15;/h3-7,25-26H,2H2,1H3,(H,27,28);1H. The summed E-state index contributed by atoms with van der Waals surface area (Å²) in [6.07, 6.45) is -3.32. The molecule has 0 aliphatic rings. The Kier molecular flexibility index (Phi) is 5.50. The van der Waals surface area contributed by atoms with Crippen molar-refractivity contribution in [2.75, 3.05) is 17.3 Å². The van der Waals surface area contributed by atoms with Gasteiger partial charge in [0.15, 0.2) is 17.5 Å². The highest BCUT2D eigenvalue weighted by Crippen LogP contribution is 2.34. The zero-order valence-electron chi connectivity index (χ0n) is 15.2. The number of imidazole rings is 1. The smallest absolute Gasteiger partial charge is 0.359 e. The van der Waals surface area contributed by atoms with Crippen molar-refractivity contribution in [3.63, 3.8) is 0 Å². The van der Waals surface area contributed by atoms with Gasteiger partial charge < -0.3 is 15.7 Å². The van der Waals surface area contributed by atoms with Crippen molar-refractivity contribution in [1.82, 2.24) is 14.6 Å². The zero-order valence-corrected chi connectivity index (χ0v) is 16.0. The summed E-state index contributed by atoms with van der Waals surface area (Å²) in [5, 5.41) is 3.11. The van der Waals surface area contributed by atoms with Crippen LogP contribution in [0.1, 0.15) is 12.5 Å². The van der Waals surface area contributed by atoms with Gasteiger partial charge in [-0.25, -0.2) is 22.8 Å². The molecule has 0 unspecified atom stereocenters. The summed E-state index contributed by atoms with van der Waals surface area (Å²) in [5.41, 5.74) is 1.81. The molecule has 30 heavy (non-hydrogen) atoms. The van der Waals surface area contributed by atoms with Gasteiger partial charge in [0, 0.05) is 24.2 Å². The monoisotopic (exact) mass is 449 g/mol. The minimum Gasteiger partial charge on any atom is -0.359 e. The van der Waals surface area contributed by atoms with Gasteiger partial charge in [0.25, 0.3) is 0 Å². The predicted octanol–water partition coefficient (Wildman–Crippen LogP) is 5.68. The van der Waals surface area contributed by atoms with E-state index in [1.54, 1.807) is 6.92 Å². The lowest BCUT2D eigenvalue weighted by molar-refractivity contribution is -0.137. The van der Waals surface area contributed by atoms with E-state index in [-0.39, 0.29) is 40.5 Å². The van der Waals surface area contributed by atoms with E-state index in [1.807, 2.05) is 0 Å². The van der Waals surface area contributed by atoms with Gasteiger partial charge in [0.1, 0.15) is 5.52 Å². The maximum atomic E-state index is 14.5. The number of aromatic amines is 1. The van der Waals surface area contributed by atoms with Gasteiger partial charge in [-0.3, -0.25) is 0 Å². The Morgan fingerprint density at radius 3 is 2.40 bits per heavy atom. The van der Waals surface area contributed by atoms with Crippen molar-refractivity contribution in [1.29, 1.82) is 0 Å². The first-order valence-corrected chi connectivity index (χ1v) is 8.45. The lowest BCUT2D eigenvalue weighted by Gasteiger charge is -2.12. The number of fused-ring (bicyclic) bond motifs is 2. The van der Waals surface area contributed by atoms with Crippen LogP contribution in [0.3, 0.4) is 0 Å². The number of aromatic nitrogens is 3. The topological polar surface area (TPSA) is 57.7 Å². The van der Waals surface area contributed by atoms with Gasteiger partial charge in [0.05, 0.1) is 22.3 Å². The molecule has 0 amide bonds. The van der Waals surface area contributed by atoms with Crippen LogP contribution in [0.4, 0.5) is 38.0 Å². The van der Waals surface area contributed by atoms with Crippen molar-refractivity contribution in [2.24, 2.45) is 0 Å². The van der Waals surface area contributed by atoms with Crippen LogP contribution in [-0.4, -0.2) is 21.2 Å². The maximum absolute atomic E-state index is 14.5. The van der Waals surface area contributed by atoms with Crippen molar-refractivity contribution in [3.05, 3.63) is 53.5 Å². The average Bonchev–Trinajstić information content (AvgIpc) is 3.17. The summed E-state index contributed by atoms with van der Waals surface area (Å²) >= 11 is 0. The number of nitrogens with one attached hydrogen (secondary N) is 3. The van der Waals surface area contributed by atoms with Crippen LogP contribution in [0.2, 0.25) is 0 Å². The third-order valence-corrected chi connectivity index (χ3v) is 4.32. The molecule has 3 N–H and O–H groups in total. The summed E-state index contributed by atoms with van der Waals surface area (Å²) in [7, 11) is 0. The molecule has 2 aromatic heterocycles. The quantitative estimate of drug-likeness (QED) is 0.351. The van der Waals surface area contributed by atoms with Crippen LogP contribution in [-0.2, 0) is 6.18 Å². The second-order valence-corrected chi connectivity index (χ2v) is 6.25. The number of benzene rings is 2. The lowest BCUT2D eigenvalue weighted by atomic mass is 10.2. The number of hydrogen-bond donors (Lipinski definition) is 3. The molecule has 0 aliphatic heterocycles. The van der Waals surface area contributed by atoms with E-state index in [2.05, 4.69) is 20.7 Å². The van der Waals surface area contributed by atoms with Crippen LogP contribution in [0.5, 0.6) is 0 Å². The Hall–Kier alpha value is -3.08. The van der Waals surface area contributed by atoms with E-state index in [9.17, 15) is 26.3 Å². The Morgan fingerprint density at radius 2 is 1.73 bits per heavy atom. The molecule has 0 atom stereocenters. The molecule has 0 spiro atoms. The molecule has 160 valence electrons. The van der Waals surface area contributed by atoms with Crippen LogP contribution in [0.25, 0.3) is 21.9 Å². The Balaban J connectivity index is 0.00000256. The normalized spacial score (nSPS) is 11.7. The second-order valence-electron chi connectivity index (χ2n) is 6.25. The molecule has 12 heteroatoms. The van der Waals surface area contributed by atoms with E-state index in [0.717, 1.165) is 18.2 Å². The summed E-state index contributed by atoms with van der Waals surface area (Å²) in [4.78, 5) is 6.81. The van der Waals surface area contributed by atoms with Crippen LogP contribution in [0, 0.1) is 17.5 Å². The summed E-state index contributed by atoms with van der Waals surface area (Å²) in [6, 6.07) is 3.07. The number of rotatable bonds is 4. The van der Waals surface area contributed by atoms with Gasteiger partial charge in [-0.1, -0.05) is 0 Å². The summed E-state index contributed by atoms with van der Waals surface area (Å²) < 4.78 is 81.7. The molecule has 2 aromatic carbocycles. The molecule has 0 fully saturated rings. The Morgan fingerprint density at radius 1 is 1.03 bits per heavy atom. The second kappa shape index (κ2) is 7.63. The molecular weight excluding hydrogens is 436 g/mol. The zero-order chi connectivity index (χ0) is 20.9. The van der Waals surface area contributed by atoms with E-state index in [4.69, 9.17) is 0 Å². The van der Waals surface area contributed by atoms with Crippen LogP contribution >= 0.6 is 12.4 Å². The lowest BCUT2D eigenvalue weighted by Crippen LogP contribution is -2.17. The minimum absolute atomic E-state index is 0. The van der Waals surface area contributed by atoms with Gasteiger partial charge in [-0.05, 0) is 25.1 Å². The average molecular weight is 450 g/mol. The molecule has 5 nitrogen and oxygen atoms in total. The van der Waals surface area contributed by atoms with Gasteiger partial charge in [0.2, 0.25) is 5.95 Å². The first-order valence-electron chi connectivity index (χ1n) is 8.45. The third kappa shape index (κ3) is 3.60. The molecular formula is C18H14ClF6N5. The number of nitrogens with zero attached hydrogens (tertiary/aromatic N) is 2. The van der Waals surface area contributed by atoms with Gasteiger partial charge in [-0.2, -0.15) is 13.2 Å². The largest absolute Gasteiger partial charge is 0.416 e. The highest BCUT2D eigenvalue weighted by molar-refractivity contribution is 5.94. The van der Waals surface area contributed by atoms with Gasteiger partial charge >= 0.3 is 6.18 Å². The van der Waals surface area contributed by atoms with Crippen molar-refractivity contribution >= 4 is 46.0 Å². The Labute approximate surface area is 171 Å². The van der Waals surface area contributed by atoms with Crippen LogP contribution in [0.15, 0.2) is 30.5 Å². The predicted molar refractivity (Wildman–Crippen MR) is 103 cm³/mol.